The summed E-state index contributed by atoms with van der Waals surface area (Å²) in [5.74, 6) is 0. The van der Waals surface area contributed by atoms with Gasteiger partial charge < -0.3 is 0 Å². The highest BCUT2D eigenvalue weighted by Gasteiger charge is 2.04. The Morgan fingerprint density at radius 3 is 2.60 bits per heavy atom. The Balaban J connectivity index is 2.07. The van der Waals surface area contributed by atoms with Gasteiger partial charge >= 0.3 is 21.2 Å². The van der Waals surface area contributed by atoms with Crippen LogP contribution in [0.5, 0.6) is 0 Å². The van der Waals surface area contributed by atoms with Gasteiger partial charge in [0.15, 0.2) is 7.65 Å². The van der Waals surface area contributed by atoms with Crippen LogP contribution in [0, 0.1) is 3.57 Å². The molecular weight excluding hydrogens is 295 g/mol. The third kappa shape index (κ3) is 6.72. The predicted octanol–water partition coefficient (Wildman–Crippen LogP) is 1.43. The van der Waals surface area contributed by atoms with Crippen molar-refractivity contribution in [3.63, 3.8) is 0 Å². The van der Waals surface area contributed by atoms with Crippen LogP contribution >= 0.6 is 0 Å². The molecule has 0 aliphatic rings. The van der Waals surface area contributed by atoms with Crippen molar-refractivity contribution in [2.45, 2.75) is 39.0 Å². The topological polar surface area (TPSA) is 0 Å². The van der Waals surface area contributed by atoms with Crippen molar-refractivity contribution >= 4 is 0 Å². The molecule has 0 saturated carbocycles. The van der Waals surface area contributed by atoms with Crippen LogP contribution in [0.1, 0.15) is 39.0 Å². The number of halogens is 1. The van der Waals surface area contributed by atoms with Gasteiger partial charge in [-0.25, -0.2) is 0 Å². The van der Waals surface area contributed by atoms with Gasteiger partial charge in [0.25, 0.3) is 0 Å². The quantitative estimate of drug-likeness (QED) is 0.527. The Bertz CT molecular complexity index is 264. The van der Waals surface area contributed by atoms with Crippen molar-refractivity contribution in [3.05, 3.63) is 44.1 Å². The number of hydrogen-bond acceptors (Lipinski definition) is 0. The normalized spacial score (nSPS) is 11.0. The number of allylic oxidation sites excluding steroid dienone is 1. The number of benzene rings is 1. The van der Waals surface area contributed by atoms with E-state index in [1.807, 2.05) is 0 Å². The summed E-state index contributed by atoms with van der Waals surface area (Å²) in [5.41, 5.74) is 0. The van der Waals surface area contributed by atoms with E-state index in [9.17, 15) is 0 Å². The molecule has 0 unspecified atom stereocenters. The zero-order valence-electron chi connectivity index (χ0n) is 9.45. The van der Waals surface area contributed by atoms with Crippen LogP contribution in [0.3, 0.4) is 0 Å². The van der Waals surface area contributed by atoms with E-state index >= 15 is 0 Å². The van der Waals surface area contributed by atoms with Gasteiger partial charge in [-0.15, -0.1) is 0 Å². The summed E-state index contributed by atoms with van der Waals surface area (Å²) in [7, 11) is 0. The van der Waals surface area contributed by atoms with Gasteiger partial charge in [0, 0.05) is 0 Å². The smallest absolute Gasteiger partial charge is 0.0654 e. The molecule has 0 bridgehead atoms. The second-order valence-electron chi connectivity index (χ2n) is 3.62. The Kier molecular flexibility index (Phi) is 7.62. The third-order valence-corrected chi connectivity index (χ3v) is 4.54. The van der Waals surface area contributed by atoms with Crippen molar-refractivity contribution in [1.82, 2.24) is 0 Å². The number of hydrogen-bond donors (Lipinski definition) is 0. The highest BCUT2D eigenvalue weighted by Crippen LogP contribution is 2.01. The molecule has 0 aliphatic heterocycles. The molecular formula is C14H20I+. The van der Waals surface area contributed by atoms with Gasteiger partial charge in [-0.3, -0.25) is 0 Å². The van der Waals surface area contributed by atoms with Gasteiger partial charge in [-0.05, 0) is 31.1 Å². The minimum Gasteiger partial charge on any atom is -0.0654 e. The Morgan fingerprint density at radius 2 is 1.87 bits per heavy atom. The average Bonchev–Trinajstić information content (AvgIpc) is 2.29. The van der Waals surface area contributed by atoms with E-state index in [4.69, 9.17) is 0 Å². The summed E-state index contributed by atoms with van der Waals surface area (Å²) in [6.45, 7) is 2.26. The molecule has 0 spiro atoms. The molecule has 1 rings (SSSR count). The zero-order chi connectivity index (χ0) is 10.8. The lowest BCUT2D eigenvalue weighted by Crippen LogP contribution is -3.59. The highest BCUT2D eigenvalue weighted by atomic mass is 127. The SMILES string of the molecule is CCCCCCC=C[I+]c1ccccc1. The molecule has 0 radical (unpaired) electrons. The molecule has 1 heteroatoms. The minimum absolute atomic E-state index is 0.120. The Morgan fingerprint density at radius 1 is 1.07 bits per heavy atom. The molecule has 0 aliphatic carbocycles. The van der Waals surface area contributed by atoms with E-state index < -0.39 is 0 Å². The fourth-order valence-electron chi connectivity index (χ4n) is 1.36. The average molecular weight is 315 g/mol. The van der Waals surface area contributed by atoms with Crippen LogP contribution < -0.4 is 21.2 Å². The van der Waals surface area contributed by atoms with Crippen molar-refractivity contribution < 1.29 is 21.2 Å². The Labute approximate surface area is 104 Å². The van der Waals surface area contributed by atoms with Gasteiger partial charge in [0.2, 0.25) is 0 Å². The first-order valence-electron chi connectivity index (χ1n) is 5.77. The van der Waals surface area contributed by atoms with Gasteiger partial charge in [0.1, 0.15) is 0 Å². The van der Waals surface area contributed by atoms with E-state index in [1.165, 1.54) is 35.7 Å². The molecule has 0 amide bonds. The highest BCUT2D eigenvalue weighted by molar-refractivity contribution is 4.99. The molecule has 0 N–H and O–H groups in total. The standard InChI is InChI=1S/C14H20I/c1-2-3-4-5-6-10-13-15-14-11-8-7-9-12-14/h7-13H,2-6H2,1H3/q+1. The van der Waals surface area contributed by atoms with E-state index in [0.29, 0.717) is 0 Å². The van der Waals surface area contributed by atoms with E-state index in [1.54, 1.807) is 0 Å². The third-order valence-electron chi connectivity index (χ3n) is 2.24. The van der Waals surface area contributed by atoms with Gasteiger partial charge in [-0.1, -0.05) is 44.4 Å². The molecule has 1 aromatic rings. The van der Waals surface area contributed by atoms with Crippen molar-refractivity contribution in [1.29, 1.82) is 0 Å². The summed E-state index contributed by atoms with van der Waals surface area (Å²) >= 11 is 0.120. The van der Waals surface area contributed by atoms with Crippen molar-refractivity contribution in [2.24, 2.45) is 0 Å². The maximum absolute atomic E-state index is 2.40. The lowest BCUT2D eigenvalue weighted by molar-refractivity contribution is -0.557. The summed E-state index contributed by atoms with van der Waals surface area (Å²) in [5, 5.41) is 0. The van der Waals surface area contributed by atoms with Crippen molar-refractivity contribution in [3.8, 4) is 0 Å². The zero-order valence-corrected chi connectivity index (χ0v) is 11.6. The van der Waals surface area contributed by atoms with Gasteiger partial charge in [-0.2, -0.15) is 0 Å². The van der Waals surface area contributed by atoms with E-state index in [2.05, 4.69) is 47.4 Å². The van der Waals surface area contributed by atoms with E-state index in [-0.39, 0.29) is 21.2 Å². The molecule has 0 heterocycles. The lowest BCUT2D eigenvalue weighted by atomic mass is 10.2. The molecule has 82 valence electrons. The molecule has 0 nitrogen and oxygen atoms in total. The summed E-state index contributed by atoms with van der Waals surface area (Å²) in [6.07, 6.45) is 9.12. The van der Waals surface area contributed by atoms with Crippen LogP contribution in [-0.2, 0) is 0 Å². The van der Waals surface area contributed by atoms with Crippen LogP contribution in [0.4, 0.5) is 0 Å². The first-order valence-corrected chi connectivity index (χ1v) is 8.09. The lowest BCUT2D eigenvalue weighted by Gasteiger charge is -1.91. The van der Waals surface area contributed by atoms with Crippen LogP contribution in [0.15, 0.2) is 40.5 Å². The molecule has 0 saturated heterocycles. The number of rotatable bonds is 7. The summed E-state index contributed by atoms with van der Waals surface area (Å²) in [4.78, 5) is 0. The van der Waals surface area contributed by atoms with Crippen LogP contribution in [-0.4, -0.2) is 0 Å². The van der Waals surface area contributed by atoms with Crippen molar-refractivity contribution in [2.75, 3.05) is 0 Å². The summed E-state index contributed by atoms with van der Waals surface area (Å²) in [6, 6.07) is 10.8. The number of unbranched alkanes of at least 4 members (excludes halogenated alkanes) is 4. The summed E-state index contributed by atoms with van der Waals surface area (Å²) < 4.78 is 3.92. The van der Waals surface area contributed by atoms with E-state index in [0.717, 1.165) is 0 Å². The van der Waals surface area contributed by atoms with Crippen LogP contribution in [0.2, 0.25) is 0 Å². The fourth-order valence-corrected chi connectivity index (χ4v) is 3.22. The van der Waals surface area contributed by atoms with Crippen LogP contribution in [0.25, 0.3) is 0 Å². The molecule has 0 atom stereocenters. The largest absolute Gasteiger partial charge is 0.349 e. The molecule has 0 fully saturated rings. The van der Waals surface area contributed by atoms with Gasteiger partial charge in [0.05, 0.1) is 0 Å². The Hall–Kier alpha value is -0.310. The second kappa shape index (κ2) is 8.96. The maximum Gasteiger partial charge on any atom is 0.349 e. The second-order valence-corrected chi connectivity index (χ2v) is 6.20. The minimum atomic E-state index is 0.120. The maximum atomic E-state index is 2.40. The molecule has 0 aromatic heterocycles. The predicted molar refractivity (Wildman–Crippen MR) is 63.0 cm³/mol. The first-order chi connectivity index (χ1) is 7.43. The fraction of sp³-hybridized carbons (Fsp3) is 0.429. The molecule has 1 aromatic carbocycles. The monoisotopic (exact) mass is 315 g/mol. The first kappa shape index (κ1) is 12.8. The molecule has 15 heavy (non-hydrogen) atoms.